The number of hydrogen-bond donors (Lipinski definition) is 3. The molecule has 1 aromatic carbocycles. The molecule has 20 heavy (non-hydrogen) atoms. The second kappa shape index (κ2) is 7.51. The Morgan fingerprint density at radius 2 is 1.95 bits per heavy atom. The van der Waals surface area contributed by atoms with Gasteiger partial charge in [0.05, 0.1) is 5.75 Å². The lowest BCUT2D eigenvalue weighted by Crippen LogP contribution is -2.37. The van der Waals surface area contributed by atoms with Gasteiger partial charge in [-0.2, -0.15) is 0 Å². The van der Waals surface area contributed by atoms with Crippen LogP contribution >= 0.6 is 11.8 Å². The fraction of sp³-hybridized carbons (Fsp3) is 0.417. The van der Waals surface area contributed by atoms with Gasteiger partial charge in [-0.3, -0.25) is 4.79 Å². The standard InChI is InChI=1S/C12H19N3O3S2/c1-9(8-12(14)16)15-20(17,18)7-6-19-11-4-2-10(13)3-5-11/h2-5,9,15H,6-8,13H2,1H3,(H2,14,16). The van der Waals surface area contributed by atoms with Crippen LogP contribution in [0.5, 0.6) is 0 Å². The van der Waals surface area contributed by atoms with E-state index in [-0.39, 0.29) is 12.2 Å². The highest BCUT2D eigenvalue weighted by Crippen LogP contribution is 2.19. The molecular weight excluding hydrogens is 298 g/mol. The van der Waals surface area contributed by atoms with Gasteiger partial charge < -0.3 is 11.5 Å². The van der Waals surface area contributed by atoms with E-state index >= 15 is 0 Å². The Morgan fingerprint density at radius 1 is 1.35 bits per heavy atom. The van der Waals surface area contributed by atoms with Crippen molar-refractivity contribution >= 4 is 33.4 Å². The molecule has 112 valence electrons. The lowest BCUT2D eigenvalue weighted by Gasteiger charge is -2.12. The molecule has 0 spiro atoms. The number of rotatable bonds is 8. The number of carbonyl (C=O) groups is 1. The van der Waals surface area contributed by atoms with Crippen molar-refractivity contribution < 1.29 is 13.2 Å². The van der Waals surface area contributed by atoms with E-state index in [1.54, 1.807) is 19.1 Å². The van der Waals surface area contributed by atoms with Gasteiger partial charge in [-0.05, 0) is 31.2 Å². The number of benzene rings is 1. The van der Waals surface area contributed by atoms with Crippen molar-refractivity contribution in [2.45, 2.75) is 24.3 Å². The Balaban J connectivity index is 2.39. The quantitative estimate of drug-likeness (QED) is 0.478. The fourth-order valence-electron chi connectivity index (χ4n) is 1.54. The number of thioether (sulfide) groups is 1. The van der Waals surface area contributed by atoms with Crippen LogP contribution < -0.4 is 16.2 Å². The van der Waals surface area contributed by atoms with Crippen LogP contribution in [0.1, 0.15) is 13.3 Å². The summed E-state index contributed by atoms with van der Waals surface area (Å²) in [4.78, 5) is 11.7. The van der Waals surface area contributed by atoms with E-state index in [1.165, 1.54) is 11.8 Å². The SMILES string of the molecule is CC(CC(N)=O)NS(=O)(=O)CCSc1ccc(N)cc1. The maximum absolute atomic E-state index is 11.8. The predicted octanol–water partition coefficient (Wildman–Crippen LogP) is 0.544. The Bertz CT molecular complexity index is 544. The van der Waals surface area contributed by atoms with Gasteiger partial charge in [-0.15, -0.1) is 11.8 Å². The Labute approximate surface area is 123 Å². The lowest BCUT2D eigenvalue weighted by molar-refractivity contribution is -0.118. The summed E-state index contributed by atoms with van der Waals surface area (Å²) in [6.45, 7) is 1.61. The van der Waals surface area contributed by atoms with Gasteiger partial charge in [0, 0.05) is 28.8 Å². The fourth-order valence-corrected chi connectivity index (χ4v) is 4.13. The zero-order valence-corrected chi connectivity index (χ0v) is 12.8. The summed E-state index contributed by atoms with van der Waals surface area (Å²) < 4.78 is 26.0. The molecule has 6 nitrogen and oxygen atoms in total. The summed E-state index contributed by atoms with van der Waals surface area (Å²) >= 11 is 1.43. The number of amides is 1. The number of nitrogen functional groups attached to an aromatic ring is 1. The molecule has 0 saturated heterocycles. The van der Waals surface area contributed by atoms with Crippen LogP contribution in [0.2, 0.25) is 0 Å². The predicted molar refractivity (Wildman–Crippen MR) is 81.8 cm³/mol. The zero-order chi connectivity index (χ0) is 15.2. The van der Waals surface area contributed by atoms with E-state index in [0.717, 1.165) is 4.90 Å². The van der Waals surface area contributed by atoms with Crippen molar-refractivity contribution in [3.8, 4) is 0 Å². The summed E-state index contributed by atoms with van der Waals surface area (Å²) in [7, 11) is -3.41. The van der Waals surface area contributed by atoms with Crippen molar-refractivity contribution in [3.05, 3.63) is 24.3 Å². The lowest BCUT2D eigenvalue weighted by atomic mass is 10.2. The highest BCUT2D eigenvalue weighted by molar-refractivity contribution is 8.00. The van der Waals surface area contributed by atoms with Crippen LogP contribution in [0, 0.1) is 0 Å². The molecule has 0 aliphatic carbocycles. The van der Waals surface area contributed by atoms with Crippen molar-refractivity contribution in [2.24, 2.45) is 5.73 Å². The maximum atomic E-state index is 11.8. The molecule has 0 aliphatic rings. The Morgan fingerprint density at radius 3 is 2.50 bits per heavy atom. The molecule has 1 atom stereocenters. The molecule has 8 heteroatoms. The highest BCUT2D eigenvalue weighted by atomic mass is 32.2. The van der Waals surface area contributed by atoms with Crippen LogP contribution in [-0.4, -0.2) is 31.9 Å². The summed E-state index contributed by atoms with van der Waals surface area (Å²) in [5, 5.41) is 0. The minimum Gasteiger partial charge on any atom is -0.399 e. The largest absolute Gasteiger partial charge is 0.399 e. The van der Waals surface area contributed by atoms with Gasteiger partial charge in [0.2, 0.25) is 15.9 Å². The van der Waals surface area contributed by atoms with E-state index in [0.29, 0.717) is 11.4 Å². The third-order valence-corrected chi connectivity index (χ3v) is 5.16. The maximum Gasteiger partial charge on any atom is 0.219 e. The number of sulfonamides is 1. The van der Waals surface area contributed by atoms with Gasteiger partial charge in [-0.25, -0.2) is 13.1 Å². The van der Waals surface area contributed by atoms with E-state index < -0.39 is 22.0 Å². The van der Waals surface area contributed by atoms with E-state index in [9.17, 15) is 13.2 Å². The normalized spacial score (nSPS) is 13.1. The van der Waals surface area contributed by atoms with Crippen molar-refractivity contribution in [1.29, 1.82) is 0 Å². The molecule has 0 bridgehead atoms. The highest BCUT2D eigenvalue weighted by Gasteiger charge is 2.15. The Hall–Kier alpha value is -1.25. The van der Waals surface area contributed by atoms with Gasteiger partial charge in [0.1, 0.15) is 0 Å². The van der Waals surface area contributed by atoms with Gasteiger partial charge in [0.15, 0.2) is 0 Å². The topological polar surface area (TPSA) is 115 Å². The first-order chi connectivity index (χ1) is 9.28. The van der Waals surface area contributed by atoms with Gasteiger partial charge in [-0.1, -0.05) is 0 Å². The van der Waals surface area contributed by atoms with E-state index in [4.69, 9.17) is 11.5 Å². The molecular formula is C12H19N3O3S2. The van der Waals surface area contributed by atoms with Crippen molar-refractivity contribution in [1.82, 2.24) is 4.72 Å². The summed E-state index contributed by atoms with van der Waals surface area (Å²) in [5.74, 6) is -0.135. The molecule has 0 saturated carbocycles. The molecule has 0 fully saturated rings. The Kier molecular flexibility index (Phi) is 6.31. The first-order valence-corrected chi connectivity index (χ1v) is 8.69. The average Bonchev–Trinajstić information content (AvgIpc) is 2.29. The summed E-state index contributed by atoms with van der Waals surface area (Å²) in [6.07, 6.45) is -0.00959. The van der Waals surface area contributed by atoms with Crippen molar-refractivity contribution in [3.63, 3.8) is 0 Å². The molecule has 1 amide bonds. The first kappa shape index (κ1) is 16.8. The zero-order valence-electron chi connectivity index (χ0n) is 11.2. The molecule has 0 aromatic heterocycles. The van der Waals surface area contributed by atoms with Crippen LogP contribution in [0.3, 0.4) is 0 Å². The second-order valence-corrected chi connectivity index (χ2v) is 7.47. The van der Waals surface area contributed by atoms with Gasteiger partial charge >= 0.3 is 0 Å². The molecule has 0 radical (unpaired) electrons. The second-order valence-electron chi connectivity index (χ2n) is 4.43. The molecule has 1 rings (SSSR count). The number of anilines is 1. The summed E-state index contributed by atoms with van der Waals surface area (Å²) in [6, 6.07) is 6.73. The van der Waals surface area contributed by atoms with E-state index in [2.05, 4.69) is 4.72 Å². The minimum absolute atomic E-state index is 0.00959. The number of primary amides is 1. The third kappa shape index (κ3) is 6.78. The van der Waals surface area contributed by atoms with Crippen LogP contribution in [0.4, 0.5) is 5.69 Å². The molecule has 1 unspecified atom stereocenters. The van der Waals surface area contributed by atoms with Crippen molar-refractivity contribution in [2.75, 3.05) is 17.2 Å². The number of nitrogens with one attached hydrogen (secondary N) is 1. The molecule has 0 heterocycles. The van der Waals surface area contributed by atoms with Crippen LogP contribution in [0.15, 0.2) is 29.2 Å². The first-order valence-electron chi connectivity index (χ1n) is 6.05. The smallest absolute Gasteiger partial charge is 0.219 e. The van der Waals surface area contributed by atoms with Gasteiger partial charge in [0.25, 0.3) is 0 Å². The van der Waals surface area contributed by atoms with Crippen LogP contribution in [0.25, 0.3) is 0 Å². The molecule has 1 aromatic rings. The number of nitrogens with two attached hydrogens (primary N) is 2. The van der Waals surface area contributed by atoms with E-state index in [1.807, 2.05) is 12.1 Å². The number of carbonyl (C=O) groups excluding carboxylic acids is 1. The average molecular weight is 317 g/mol. The number of hydrogen-bond acceptors (Lipinski definition) is 5. The molecule has 5 N–H and O–H groups in total. The molecule has 0 aliphatic heterocycles. The summed E-state index contributed by atoms with van der Waals surface area (Å²) in [5.41, 5.74) is 11.2. The monoisotopic (exact) mass is 317 g/mol. The minimum atomic E-state index is -3.41. The van der Waals surface area contributed by atoms with Crippen LogP contribution in [-0.2, 0) is 14.8 Å². The third-order valence-electron chi connectivity index (χ3n) is 2.39.